The predicted molar refractivity (Wildman–Crippen MR) is 123 cm³/mol. The summed E-state index contributed by atoms with van der Waals surface area (Å²) in [6, 6.07) is 14.5. The highest BCUT2D eigenvalue weighted by Gasteiger charge is 2.49. The topological polar surface area (TPSA) is 102 Å². The maximum absolute atomic E-state index is 13.2. The molecule has 8 nitrogen and oxygen atoms in total. The Hall–Kier alpha value is -4.11. The second-order valence-corrected chi connectivity index (χ2v) is 8.23. The number of amides is 1. The molecule has 1 aliphatic rings. The monoisotopic (exact) mass is 462 g/mol. The van der Waals surface area contributed by atoms with E-state index in [-0.39, 0.29) is 11.3 Å². The summed E-state index contributed by atoms with van der Waals surface area (Å²) in [5, 5.41) is 11.5. The lowest BCUT2D eigenvalue weighted by atomic mass is 9.99. The van der Waals surface area contributed by atoms with E-state index in [1.54, 1.807) is 30.3 Å². The number of thiazole rings is 1. The first-order chi connectivity index (χ1) is 16.0. The van der Waals surface area contributed by atoms with Gasteiger partial charge in [0.25, 0.3) is 5.78 Å². The van der Waals surface area contributed by atoms with Gasteiger partial charge in [-0.15, -0.1) is 0 Å². The average molecular weight is 462 g/mol. The number of ketones is 1. The molecular weight excluding hydrogens is 444 g/mol. The number of furan rings is 1. The van der Waals surface area contributed by atoms with Crippen LogP contribution in [-0.4, -0.2) is 36.0 Å². The number of carbonyl (C=O) groups excluding carboxylic acids is 2. The molecule has 0 saturated carbocycles. The fourth-order valence-electron chi connectivity index (χ4n) is 3.85. The minimum absolute atomic E-state index is 0.0959. The zero-order chi connectivity index (χ0) is 23.1. The molecule has 0 radical (unpaired) electrons. The number of carbonyl (C=O) groups is 2. The van der Waals surface area contributed by atoms with E-state index in [9.17, 15) is 14.7 Å². The van der Waals surface area contributed by atoms with E-state index >= 15 is 0 Å². The van der Waals surface area contributed by atoms with Crippen molar-refractivity contribution in [3.8, 4) is 11.5 Å². The van der Waals surface area contributed by atoms with Crippen molar-refractivity contribution >= 4 is 44.1 Å². The van der Waals surface area contributed by atoms with Crippen LogP contribution in [0.1, 0.15) is 17.4 Å². The van der Waals surface area contributed by atoms with E-state index in [0.29, 0.717) is 33.5 Å². The highest BCUT2D eigenvalue weighted by molar-refractivity contribution is 7.22. The van der Waals surface area contributed by atoms with Gasteiger partial charge in [-0.05, 0) is 42.5 Å². The first-order valence-corrected chi connectivity index (χ1v) is 10.8. The minimum Gasteiger partial charge on any atom is -0.507 e. The Bertz CT molecular complexity index is 1370. The zero-order valence-electron chi connectivity index (χ0n) is 17.6. The first kappa shape index (κ1) is 20.8. The SMILES string of the molecule is COc1ccc(/C(O)=C2\C(=O)C(=O)N(c3nc4ccccc4s3)C2c2ccco2)cc1OC. The summed E-state index contributed by atoms with van der Waals surface area (Å²) in [6.45, 7) is 0. The second-order valence-electron chi connectivity index (χ2n) is 7.22. The number of aromatic nitrogens is 1. The molecule has 166 valence electrons. The number of fused-ring (bicyclic) bond motifs is 1. The minimum atomic E-state index is -0.978. The quantitative estimate of drug-likeness (QED) is 0.264. The Balaban J connectivity index is 1.70. The molecule has 1 N–H and O–H groups in total. The molecular formula is C24H18N2O6S. The summed E-state index contributed by atoms with van der Waals surface area (Å²) in [5.41, 5.74) is 0.908. The number of nitrogens with zero attached hydrogens (tertiary/aromatic N) is 2. The number of benzene rings is 2. The Kier molecular flexibility index (Phi) is 5.10. The van der Waals surface area contributed by atoms with E-state index in [2.05, 4.69) is 4.98 Å². The number of Topliss-reactive ketones (excluding diaryl/α,β-unsaturated/α-hetero) is 1. The summed E-state index contributed by atoms with van der Waals surface area (Å²) in [7, 11) is 2.97. The van der Waals surface area contributed by atoms with E-state index in [4.69, 9.17) is 13.9 Å². The Labute approximate surface area is 192 Å². The molecule has 5 rings (SSSR count). The van der Waals surface area contributed by atoms with Crippen molar-refractivity contribution in [2.75, 3.05) is 19.1 Å². The summed E-state index contributed by atoms with van der Waals surface area (Å²) < 4.78 is 17.0. The number of hydrogen-bond acceptors (Lipinski definition) is 8. The van der Waals surface area contributed by atoms with E-state index in [1.165, 1.54) is 36.7 Å². The zero-order valence-corrected chi connectivity index (χ0v) is 18.5. The summed E-state index contributed by atoms with van der Waals surface area (Å²) in [4.78, 5) is 32.2. The van der Waals surface area contributed by atoms with Crippen LogP contribution in [0, 0.1) is 0 Å². The molecule has 1 unspecified atom stereocenters. The van der Waals surface area contributed by atoms with E-state index in [0.717, 1.165) is 4.70 Å². The fourth-order valence-corrected chi connectivity index (χ4v) is 4.84. The predicted octanol–water partition coefficient (Wildman–Crippen LogP) is 4.53. The van der Waals surface area contributed by atoms with Crippen molar-refractivity contribution < 1.29 is 28.6 Å². The molecule has 1 saturated heterocycles. The number of aliphatic hydroxyl groups excluding tert-OH is 1. The Morgan fingerprint density at radius 3 is 2.55 bits per heavy atom. The normalized spacial score (nSPS) is 17.6. The van der Waals surface area contributed by atoms with Crippen molar-refractivity contribution in [3.05, 3.63) is 77.8 Å². The molecule has 9 heteroatoms. The number of rotatable bonds is 5. The lowest BCUT2D eigenvalue weighted by molar-refractivity contribution is -0.132. The Morgan fingerprint density at radius 1 is 1.06 bits per heavy atom. The molecule has 1 aliphatic heterocycles. The highest BCUT2D eigenvalue weighted by Crippen LogP contribution is 2.44. The summed E-state index contributed by atoms with van der Waals surface area (Å²) in [6.07, 6.45) is 1.45. The number of ether oxygens (including phenoxy) is 2. The van der Waals surface area contributed by atoms with Crippen LogP contribution in [0.25, 0.3) is 16.0 Å². The highest BCUT2D eigenvalue weighted by atomic mass is 32.1. The van der Waals surface area contributed by atoms with Gasteiger partial charge < -0.3 is 19.0 Å². The van der Waals surface area contributed by atoms with Crippen molar-refractivity contribution in [3.63, 3.8) is 0 Å². The van der Waals surface area contributed by atoms with Gasteiger partial charge in [0.15, 0.2) is 16.6 Å². The van der Waals surface area contributed by atoms with Crippen molar-refractivity contribution in [1.82, 2.24) is 4.98 Å². The molecule has 2 aromatic heterocycles. The largest absolute Gasteiger partial charge is 0.507 e. The average Bonchev–Trinajstić information content (AvgIpc) is 3.56. The van der Waals surface area contributed by atoms with Gasteiger partial charge in [0.05, 0.1) is 36.3 Å². The molecule has 3 heterocycles. The van der Waals surface area contributed by atoms with Crippen LogP contribution >= 0.6 is 11.3 Å². The fraction of sp³-hybridized carbons (Fsp3) is 0.125. The molecule has 0 spiro atoms. The summed E-state index contributed by atoms with van der Waals surface area (Å²) in [5.74, 6) is -0.807. The maximum Gasteiger partial charge on any atom is 0.302 e. The molecule has 33 heavy (non-hydrogen) atoms. The molecule has 0 aliphatic carbocycles. The van der Waals surface area contributed by atoms with Crippen LogP contribution in [0.15, 0.2) is 70.9 Å². The molecule has 1 atom stereocenters. The standard InChI is InChI=1S/C24H18N2O6S/c1-30-15-10-9-13(12-17(15)31-2)21(27)19-20(16-7-5-11-32-16)26(23(29)22(19)28)24-25-14-6-3-4-8-18(14)33-24/h3-12,20,27H,1-2H3/b21-19+. The molecule has 0 bridgehead atoms. The van der Waals surface area contributed by atoms with Crippen LogP contribution in [0.2, 0.25) is 0 Å². The van der Waals surface area contributed by atoms with Gasteiger partial charge in [0, 0.05) is 5.56 Å². The number of methoxy groups -OCH3 is 2. The van der Waals surface area contributed by atoms with Gasteiger partial charge >= 0.3 is 5.91 Å². The number of para-hydroxylation sites is 1. The third kappa shape index (κ3) is 3.33. The van der Waals surface area contributed by atoms with Crippen molar-refractivity contribution in [2.24, 2.45) is 0 Å². The molecule has 1 amide bonds. The number of aliphatic hydroxyl groups is 1. The smallest absolute Gasteiger partial charge is 0.302 e. The van der Waals surface area contributed by atoms with Crippen LogP contribution in [0.4, 0.5) is 5.13 Å². The van der Waals surface area contributed by atoms with Crippen LogP contribution in [0.3, 0.4) is 0 Å². The van der Waals surface area contributed by atoms with Crippen molar-refractivity contribution in [1.29, 1.82) is 0 Å². The third-order valence-electron chi connectivity index (χ3n) is 5.40. The van der Waals surface area contributed by atoms with E-state index < -0.39 is 17.7 Å². The van der Waals surface area contributed by atoms with Gasteiger partial charge in [-0.3, -0.25) is 14.5 Å². The van der Waals surface area contributed by atoms with Crippen LogP contribution in [0.5, 0.6) is 11.5 Å². The first-order valence-electron chi connectivity index (χ1n) is 9.96. The second kappa shape index (κ2) is 8.10. The van der Waals surface area contributed by atoms with Crippen LogP contribution < -0.4 is 14.4 Å². The maximum atomic E-state index is 13.2. The van der Waals surface area contributed by atoms with Gasteiger partial charge in [0.1, 0.15) is 17.6 Å². The molecule has 2 aromatic carbocycles. The van der Waals surface area contributed by atoms with Crippen LogP contribution in [-0.2, 0) is 9.59 Å². The number of hydrogen-bond donors (Lipinski definition) is 1. The number of anilines is 1. The van der Waals surface area contributed by atoms with Crippen molar-refractivity contribution in [2.45, 2.75) is 6.04 Å². The molecule has 1 fully saturated rings. The van der Waals surface area contributed by atoms with E-state index in [1.807, 2.05) is 24.3 Å². The Morgan fingerprint density at radius 2 is 1.85 bits per heavy atom. The molecule has 4 aromatic rings. The lowest BCUT2D eigenvalue weighted by Crippen LogP contribution is -2.29. The van der Waals surface area contributed by atoms with Gasteiger partial charge in [-0.2, -0.15) is 0 Å². The van der Waals surface area contributed by atoms with Gasteiger partial charge in [-0.1, -0.05) is 23.5 Å². The van der Waals surface area contributed by atoms with Gasteiger partial charge in [0.2, 0.25) is 0 Å². The lowest BCUT2D eigenvalue weighted by Gasteiger charge is -2.20. The van der Waals surface area contributed by atoms with Gasteiger partial charge in [-0.25, -0.2) is 4.98 Å². The third-order valence-corrected chi connectivity index (χ3v) is 6.44. The summed E-state index contributed by atoms with van der Waals surface area (Å²) >= 11 is 1.28.